The number of nitrogens with one attached hydrogen (secondary N) is 2. The lowest BCUT2D eigenvalue weighted by Crippen LogP contribution is -2.49. The van der Waals surface area contributed by atoms with Crippen LogP contribution in [0.5, 0.6) is 5.75 Å². The maximum Gasteiger partial charge on any atom is 0.191 e. The van der Waals surface area contributed by atoms with Gasteiger partial charge in [0.15, 0.2) is 5.96 Å². The molecule has 3 rings (SSSR count). The standard InChI is InChI=1S/C21H34N4O/c1-16(17-4-8-20(26-3)9-5-17)10-13-23-21(22-2)24-18-11-14-25(15-12-18)19-6-7-19/h4-5,8-9,16,18-19H,6-7,10-15H2,1-3H3,(H2,22,23,24). The molecule has 5 heteroatoms. The Hall–Kier alpha value is -1.75. The van der Waals surface area contributed by atoms with E-state index >= 15 is 0 Å². The molecule has 1 heterocycles. The molecule has 1 aromatic carbocycles. The van der Waals surface area contributed by atoms with E-state index in [9.17, 15) is 0 Å². The van der Waals surface area contributed by atoms with Gasteiger partial charge in [0.25, 0.3) is 0 Å². The Morgan fingerprint density at radius 2 is 1.88 bits per heavy atom. The Kier molecular flexibility index (Phi) is 6.78. The summed E-state index contributed by atoms with van der Waals surface area (Å²) in [5, 5.41) is 7.10. The highest BCUT2D eigenvalue weighted by atomic mass is 16.5. The second kappa shape index (κ2) is 9.26. The second-order valence-electron chi connectivity index (χ2n) is 7.65. The Morgan fingerprint density at radius 3 is 2.46 bits per heavy atom. The molecule has 1 saturated carbocycles. The normalized spacial score (nSPS) is 20.7. The van der Waals surface area contributed by atoms with E-state index in [1.807, 2.05) is 19.2 Å². The van der Waals surface area contributed by atoms with Crippen molar-refractivity contribution in [3.63, 3.8) is 0 Å². The van der Waals surface area contributed by atoms with Crippen LogP contribution in [0, 0.1) is 0 Å². The van der Waals surface area contributed by atoms with Gasteiger partial charge in [-0.1, -0.05) is 19.1 Å². The Labute approximate surface area is 158 Å². The number of nitrogens with zero attached hydrogens (tertiary/aromatic N) is 2. The maximum absolute atomic E-state index is 5.23. The predicted octanol–water partition coefficient (Wildman–Crippen LogP) is 2.98. The van der Waals surface area contributed by atoms with Gasteiger partial charge in [-0.3, -0.25) is 4.99 Å². The molecule has 2 N–H and O–H groups in total. The number of ether oxygens (including phenoxy) is 1. The molecular formula is C21H34N4O. The van der Waals surface area contributed by atoms with Crippen molar-refractivity contribution in [1.82, 2.24) is 15.5 Å². The van der Waals surface area contributed by atoms with E-state index < -0.39 is 0 Å². The maximum atomic E-state index is 5.23. The van der Waals surface area contributed by atoms with Gasteiger partial charge in [-0.05, 0) is 55.7 Å². The number of aliphatic imine (C=N–C) groups is 1. The summed E-state index contributed by atoms with van der Waals surface area (Å²) < 4.78 is 5.23. The third-order valence-corrected chi connectivity index (χ3v) is 5.71. The third-order valence-electron chi connectivity index (χ3n) is 5.71. The minimum Gasteiger partial charge on any atom is -0.497 e. The zero-order valence-corrected chi connectivity index (χ0v) is 16.5. The Morgan fingerprint density at radius 1 is 1.19 bits per heavy atom. The SMILES string of the molecule is CN=C(NCCC(C)c1ccc(OC)cc1)NC1CCN(C2CC2)CC1. The molecule has 0 bridgehead atoms. The largest absolute Gasteiger partial charge is 0.497 e. The van der Waals surface area contributed by atoms with E-state index in [-0.39, 0.29) is 0 Å². The van der Waals surface area contributed by atoms with Crippen LogP contribution in [0.1, 0.15) is 50.5 Å². The summed E-state index contributed by atoms with van der Waals surface area (Å²) in [6.07, 6.45) is 6.34. The van der Waals surface area contributed by atoms with Crippen molar-refractivity contribution in [3.8, 4) is 5.75 Å². The fourth-order valence-electron chi connectivity index (χ4n) is 3.74. The van der Waals surface area contributed by atoms with E-state index in [1.54, 1.807) is 7.11 Å². The van der Waals surface area contributed by atoms with Crippen molar-refractivity contribution in [2.75, 3.05) is 33.8 Å². The van der Waals surface area contributed by atoms with E-state index in [2.05, 4.69) is 39.6 Å². The molecule has 2 fully saturated rings. The summed E-state index contributed by atoms with van der Waals surface area (Å²) in [6, 6.07) is 9.83. The number of guanidine groups is 1. The molecule has 1 aromatic rings. The van der Waals surface area contributed by atoms with Crippen molar-refractivity contribution < 1.29 is 4.74 Å². The van der Waals surface area contributed by atoms with Crippen LogP contribution in [-0.2, 0) is 0 Å². The first-order valence-corrected chi connectivity index (χ1v) is 10.0. The number of benzene rings is 1. The number of methoxy groups -OCH3 is 1. The molecule has 0 radical (unpaired) electrons. The molecule has 144 valence electrons. The van der Waals surface area contributed by atoms with Gasteiger partial charge >= 0.3 is 0 Å². The van der Waals surface area contributed by atoms with Gasteiger partial charge < -0.3 is 20.3 Å². The molecule has 26 heavy (non-hydrogen) atoms. The first kappa shape index (κ1) is 19.0. The van der Waals surface area contributed by atoms with Crippen LogP contribution in [0.4, 0.5) is 0 Å². The summed E-state index contributed by atoms with van der Waals surface area (Å²) in [4.78, 5) is 7.06. The van der Waals surface area contributed by atoms with E-state index in [0.29, 0.717) is 12.0 Å². The molecule has 1 atom stereocenters. The van der Waals surface area contributed by atoms with Crippen molar-refractivity contribution in [2.24, 2.45) is 4.99 Å². The number of likely N-dealkylation sites (tertiary alicyclic amines) is 1. The van der Waals surface area contributed by atoms with Crippen LogP contribution in [0.2, 0.25) is 0 Å². The van der Waals surface area contributed by atoms with E-state index in [1.165, 1.54) is 44.3 Å². The van der Waals surface area contributed by atoms with Gasteiger partial charge in [-0.25, -0.2) is 0 Å². The van der Waals surface area contributed by atoms with Gasteiger partial charge in [0.1, 0.15) is 5.75 Å². The molecule has 1 aliphatic carbocycles. The van der Waals surface area contributed by atoms with E-state index in [4.69, 9.17) is 4.74 Å². The number of piperidine rings is 1. The molecular weight excluding hydrogens is 324 g/mol. The highest BCUT2D eigenvalue weighted by Crippen LogP contribution is 2.29. The average molecular weight is 359 g/mol. The summed E-state index contributed by atoms with van der Waals surface area (Å²) >= 11 is 0. The topological polar surface area (TPSA) is 48.9 Å². The number of hydrogen-bond donors (Lipinski definition) is 2. The van der Waals surface area contributed by atoms with E-state index in [0.717, 1.165) is 30.7 Å². The van der Waals surface area contributed by atoms with Gasteiger partial charge in [0.05, 0.1) is 7.11 Å². The Bertz CT molecular complexity index is 574. The van der Waals surface area contributed by atoms with Crippen molar-refractivity contribution in [1.29, 1.82) is 0 Å². The van der Waals surface area contributed by atoms with Crippen LogP contribution < -0.4 is 15.4 Å². The minimum absolute atomic E-state index is 0.508. The van der Waals surface area contributed by atoms with Gasteiger partial charge in [-0.2, -0.15) is 0 Å². The second-order valence-corrected chi connectivity index (χ2v) is 7.65. The van der Waals surface area contributed by atoms with Crippen LogP contribution in [-0.4, -0.2) is 56.7 Å². The number of hydrogen-bond acceptors (Lipinski definition) is 3. The third kappa shape index (κ3) is 5.37. The Balaban J connectivity index is 1.37. The van der Waals surface area contributed by atoms with Gasteiger partial charge in [0, 0.05) is 38.8 Å². The van der Waals surface area contributed by atoms with Crippen LogP contribution in [0.15, 0.2) is 29.3 Å². The highest BCUT2D eigenvalue weighted by Gasteiger charge is 2.31. The lowest BCUT2D eigenvalue weighted by molar-refractivity contribution is 0.197. The van der Waals surface area contributed by atoms with Crippen molar-refractivity contribution in [2.45, 2.75) is 57.0 Å². The lowest BCUT2D eigenvalue weighted by Gasteiger charge is -2.33. The number of rotatable bonds is 7. The fourth-order valence-corrected chi connectivity index (χ4v) is 3.74. The van der Waals surface area contributed by atoms with Crippen molar-refractivity contribution in [3.05, 3.63) is 29.8 Å². The molecule has 1 saturated heterocycles. The first-order valence-electron chi connectivity index (χ1n) is 10.0. The quantitative estimate of drug-likeness (QED) is 0.581. The zero-order chi connectivity index (χ0) is 18.4. The van der Waals surface area contributed by atoms with Gasteiger partial charge in [-0.15, -0.1) is 0 Å². The molecule has 0 spiro atoms. The predicted molar refractivity (Wildman–Crippen MR) is 108 cm³/mol. The molecule has 0 aromatic heterocycles. The molecule has 1 aliphatic heterocycles. The summed E-state index contributed by atoms with van der Waals surface area (Å²) in [5.41, 5.74) is 1.35. The fraction of sp³-hybridized carbons (Fsp3) is 0.667. The minimum atomic E-state index is 0.508. The van der Waals surface area contributed by atoms with Crippen LogP contribution >= 0.6 is 0 Å². The average Bonchev–Trinajstić information content (AvgIpc) is 3.53. The van der Waals surface area contributed by atoms with Crippen LogP contribution in [0.25, 0.3) is 0 Å². The molecule has 2 aliphatic rings. The molecule has 5 nitrogen and oxygen atoms in total. The smallest absolute Gasteiger partial charge is 0.191 e. The monoisotopic (exact) mass is 358 g/mol. The molecule has 0 amide bonds. The van der Waals surface area contributed by atoms with Crippen LogP contribution in [0.3, 0.4) is 0 Å². The van der Waals surface area contributed by atoms with Gasteiger partial charge in [0.2, 0.25) is 0 Å². The first-order chi connectivity index (χ1) is 12.7. The summed E-state index contributed by atoms with van der Waals surface area (Å²) in [5.74, 6) is 2.36. The summed E-state index contributed by atoms with van der Waals surface area (Å²) in [7, 11) is 3.57. The summed E-state index contributed by atoms with van der Waals surface area (Å²) in [6.45, 7) is 5.66. The highest BCUT2D eigenvalue weighted by molar-refractivity contribution is 5.79. The zero-order valence-electron chi connectivity index (χ0n) is 16.5. The molecule has 1 unspecified atom stereocenters. The van der Waals surface area contributed by atoms with Crippen molar-refractivity contribution >= 4 is 5.96 Å². The lowest BCUT2D eigenvalue weighted by atomic mass is 9.98.